The summed E-state index contributed by atoms with van der Waals surface area (Å²) in [6, 6.07) is 10.3. The van der Waals surface area contributed by atoms with Gasteiger partial charge in [-0.2, -0.15) is 0 Å². The molecule has 0 amide bonds. The number of aromatic nitrogens is 2. The summed E-state index contributed by atoms with van der Waals surface area (Å²) in [7, 11) is 0. The molecule has 0 saturated heterocycles. The van der Waals surface area contributed by atoms with Gasteiger partial charge in [-0.05, 0) is 18.8 Å². The number of H-pyrrole nitrogens is 1. The fourth-order valence-corrected chi connectivity index (χ4v) is 2.44. The lowest BCUT2D eigenvalue weighted by Crippen LogP contribution is -2.36. The molecule has 3 N–H and O–H groups in total. The number of rotatable bonds is 5. The van der Waals surface area contributed by atoms with Gasteiger partial charge in [0.2, 0.25) is 0 Å². The van der Waals surface area contributed by atoms with Crippen molar-refractivity contribution in [1.82, 2.24) is 9.97 Å². The highest BCUT2D eigenvalue weighted by molar-refractivity contribution is 5.62. The Hall–Kier alpha value is -1.61. The van der Waals surface area contributed by atoms with Crippen LogP contribution in [-0.2, 0) is 5.54 Å². The van der Waals surface area contributed by atoms with Crippen molar-refractivity contribution in [3.05, 3.63) is 41.9 Å². The van der Waals surface area contributed by atoms with E-state index in [0.29, 0.717) is 5.92 Å². The van der Waals surface area contributed by atoms with Crippen LogP contribution in [0.4, 0.5) is 0 Å². The van der Waals surface area contributed by atoms with Crippen LogP contribution in [0.1, 0.15) is 58.0 Å². The van der Waals surface area contributed by atoms with Crippen molar-refractivity contribution in [3.63, 3.8) is 0 Å². The zero-order valence-corrected chi connectivity index (χ0v) is 12.9. The van der Waals surface area contributed by atoms with Gasteiger partial charge >= 0.3 is 0 Å². The van der Waals surface area contributed by atoms with E-state index in [-0.39, 0.29) is 5.54 Å². The Morgan fingerprint density at radius 2 is 1.75 bits per heavy atom. The highest BCUT2D eigenvalue weighted by atomic mass is 15.0. The number of aromatic amines is 1. The van der Waals surface area contributed by atoms with Crippen molar-refractivity contribution in [2.45, 2.75) is 52.0 Å². The number of hydrogen-bond acceptors (Lipinski definition) is 2. The Morgan fingerprint density at radius 3 is 2.25 bits per heavy atom. The zero-order chi connectivity index (χ0) is 14.8. The quantitative estimate of drug-likeness (QED) is 0.857. The Balaban J connectivity index is 2.55. The van der Waals surface area contributed by atoms with Crippen molar-refractivity contribution < 1.29 is 0 Å². The minimum Gasteiger partial charge on any atom is -0.344 e. The van der Waals surface area contributed by atoms with Gasteiger partial charge < -0.3 is 10.7 Å². The molecule has 0 spiro atoms. The summed E-state index contributed by atoms with van der Waals surface area (Å²) < 4.78 is 0. The van der Waals surface area contributed by atoms with Crippen molar-refractivity contribution in [2.24, 2.45) is 5.73 Å². The monoisotopic (exact) mass is 271 g/mol. The maximum Gasteiger partial charge on any atom is 0.127 e. The molecular weight excluding hydrogens is 246 g/mol. The van der Waals surface area contributed by atoms with Crippen LogP contribution in [0.5, 0.6) is 0 Å². The van der Waals surface area contributed by atoms with Crippen LogP contribution >= 0.6 is 0 Å². The van der Waals surface area contributed by atoms with Crippen molar-refractivity contribution >= 4 is 0 Å². The molecule has 0 radical (unpaired) electrons. The van der Waals surface area contributed by atoms with E-state index in [9.17, 15) is 0 Å². The summed E-state index contributed by atoms with van der Waals surface area (Å²) in [5.41, 5.74) is 9.47. The van der Waals surface area contributed by atoms with Crippen LogP contribution in [0.15, 0.2) is 30.3 Å². The second kappa shape index (κ2) is 5.80. The van der Waals surface area contributed by atoms with Crippen molar-refractivity contribution in [3.8, 4) is 11.3 Å². The van der Waals surface area contributed by atoms with E-state index in [0.717, 1.165) is 29.9 Å². The van der Waals surface area contributed by atoms with Gasteiger partial charge in [0.1, 0.15) is 5.82 Å². The lowest BCUT2D eigenvalue weighted by atomic mass is 9.93. The predicted octanol–water partition coefficient (Wildman–Crippen LogP) is 4.17. The lowest BCUT2D eigenvalue weighted by Gasteiger charge is -2.23. The summed E-state index contributed by atoms with van der Waals surface area (Å²) in [6.45, 7) is 8.59. The third-order valence-corrected chi connectivity index (χ3v) is 4.09. The normalized spacial score (nSPS) is 12.1. The van der Waals surface area contributed by atoms with Gasteiger partial charge in [-0.1, -0.05) is 58.0 Å². The molecule has 0 aliphatic heterocycles. The Kier molecular flexibility index (Phi) is 4.29. The molecule has 0 unspecified atom stereocenters. The van der Waals surface area contributed by atoms with E-state index in [2.05, 4.69) is 44.8 Å². The van der Waals surface area contributed by atoms with E-state index in [4.69, 9.17) is 10.7 Å². The summed E-state index contributed by atoms with van der Waals surface area (Å²) in [5, 5.41) is 0. The second-order valence-corrected chi connectivity index (χ2v) is 5.73. The highest BCUT2D eigenvalue weighted by Crippen LogP contribution is 2.31. The number of hydrogen-bond donors (Lipinski definition) is 2. The van der Waals surface area contributed by atoms with Gasteiger partial charge in [0.25, 0.3) is 0 Å². The zero-order valence-electron chi connectivity index (χ0n) is 12.9. The molecule has 20 heavy (non-hydrogen) atoms. The van der Waals surface area contributed by atoms with Gasteiger partial charge in [0.05, 0.1) is 11.2 Å². The molecule has 0 bridgehead atoms. The molecule has 0 aliphatic carbocycles. The van der Waals surface area contributed by atoms with Crippen LogP contribution in [0.3, 0.4) is 0 Å². The smallest absolute Gasteiger partial charge is 0.127 e. The van der Waals surface area contributed by atoms with E-state index < -0.39 is 0 Å². The summed E-state index contributed by atoms with van der Waals surface area (Å²) in [5.74, 6) is 1.30. The van der Waals surface area contributed by atoms with E-state index in [1.54, 1.807) is 0 Å². The third kappa shape index (κ3) is 2.63. The molecule has 0 aliphatic rings. The first-order valence-corrected chi connectivity index (χ1v) is 7.46. The first kappa shape index (κ1) is 14.8. The summed E-state index contributed by atoms with van der Waals surface area (Å²) >= 11 is 0. The van der Waals surface area contributed by atoms with Gasteiger partial charge in [0, 0.05) is 11.3 Å². The topological polar surface area (TPSA) is 54.7 Å². The SMILES string of the molecule is CCC(N)(CC)c1nc(-c2ccccc2)c(C(C)C)[nH]1. The van der Waals surface area contributed by atoms with E-state index >= 15 is 0 Å². The molecular formula is C17H25N3. The molecule has 108 valence electrons. The van der Waals surface area contributed by atoms with E-state index in [1.165, 1.54) is 5.69 Å². The van der Waals surface area contributed by atoms with Crippen LogP contribution in [-0.4, -0.2) is 9.97 Å². The Morgan fingerprint density at radius 1 is 1.15 bits per heavy atom. The van der Waals surface area contributed by atoms with Gasteiger partial charge in [0.15, 0.2) is 0 Å². The minimum atomic E-state index is -0.364. The molecule has 0 atom stereocenters. The molecule has 1 aromatic heterocycles. The van der Waals surface area contributed by atoms with Crippen molar-refractivity contribution in [1.29, 1.82) is 0 Å². The molecule has 1 heterocycles. The fourth-order valence-electron chi connectivity index (χ4n) is 2.44. The van der Waals surface area contributed by atoms with Gasteiger partial charge in [-0.3, -0.25) is 0 Å². The molecule has 3 heteroatoms. The average molecular weight is 271 g/mol. The predicted molar refractivity (Wildman–Crippen MR) is 84.6 cm³/mol. The summed E-state index contributed by atoms with van der Waals surface area (Å²) in [6.07, 6.45) is 1.76. The second-order valence-electron chi connectivity index (χ2n) is 5.73. The van der Waals surface area contributed by atoms with Crippen LogP contribution in [0, 0.1) is 0 Å². The van der Waals surface area contributed by atoms with Gasteiger partial charge in [-0.15, -0.1) is 0 Å². The van der Waals surface area contributed by atoms with Gasteiger partial charge in [-0.25, -0.2) is 4.98 Å². The number of nitrogens with zero attached hydrogens (tertiary/aromatic N) is 1. The molecule has 1 aromatic carbocycles. The van der Waals surface area contributed by atoms with Crippen LogP contribution in [0.25, 0.3) is 11.3 Å². The van der Waals surface area contributed by atoms with Crippen LogP contribution < -0.4 is 5.73 Å². The van der Waals surface area contributed by atoms with E-state index in [1.807, 2.05) is 18.2 Å². The molecule has 0 saturated carbocycles. The molecule has 2 rings (SSSR count). The highest BCUT2D eigenvalue weighted by Gasteiger charge is 2.28. The maximum atomic E-state index is 6.48. The number of imidazole rings is 1. The summed E-state index contributed by atoms with van der Waals surface area (Å²) in [4.78, 5) is 8.32. The molecule has 0 fully saturated rings. The largest absolute Gasteiger partial charge is 0.344 e. The fraction of sp³-hybridized carbons (Fsp3) is 0.471. The standard InChI is InChI=1S/C17H25N3/c1-5-17(18,6-2)16-19-14(12(3)4)15(20-16)13-10-8-7-9-11-13/h7-12H,5-6,18H2,1-4H3,(H,19,20). The Bertz CT molecular complexity index is 551. The Labute approximate surface area is 121 Å². The number of nitrogens with one attached hydrogen (secondary N) is 1. The number of nitrogens with two attached hydrogens (primary N) is 1. The molecule has 3 nitrogen and oxygen atoms in total. The maximum absolute atomic E-state index is 6.48. The number of benzene rings is 1. The average Bonchev–Trinajstić information content (AvgIpc) is 2.93. The minimum absolute atomic E-state index is 0.364. The third-order valence-electron chi connectivity index (χ3n) is 4.09. The lowest BCUT2D eigenvalue weighted by molar-refractivity contribution is 0.390. The van der Waals surface area contributed by atoms with Crippen molar-refractivity contribution in [2.75, 3.05) is 0 Å². The van der Waals surface area contributed by atoms with Crippen LogP contribution in [0.2, 0.25) is 0 Å². The first-order valence-electron chi connectivity index (χ1n) is 7.46. The molecule has 2 aromatic rings. The first-order chi connectivity index (χ1) is 9.51.